The van der Waals surface area contributed by atoms with Crippen molar-refractivity contribution in [3.05, 3.63) is 16.1 Å². The zero-order valence-corrected chi connectivity index (χ0v) is 11.4. The highest BCUT2D eigenvalue weighted by Crippen LogP contribution is 2.07. The normalized spacial score (nSPS) is 16.7. The van der Waals surface area contributed by atoms with Crippen LogP contribution >= 0.6 is 11.3 Å². The number of rotatable bonds is 5. The number of nitrogens with one attached hydrogen (secondary N) is 2. The lowest BCUT2D eigenvalue weighted by molar-refractivity contribution is -0.121. The Morgan fingerprint density at radius 3 is 3.00 bits per heavy atom. The van der Waals surface area contributed by atoms with Gasteiger partial charge in [0.25, 0.3) is 0 Å². The summed E-state index contributed by atoms with van der Waals surface area (Å²) in [6, 6.07) is 0.273. The van der Waals surface area contributed by atoms with Gasteiger partial charge in [0.1, 0.15) is 0 Å². The van der Waals surface area contributed by atoms with Crippen molar-refractivity contribution < 1.29 is 9.53 Å². The first-order valence-corrected chi connectivity index (χ1v) is 7.11. The fraction of sp³-hybridized carbons (Fsp3) is 0.667. The first-order valence-electron chi connectivity index (χ1n) is 6.23. The average molecular weight is 269 g/mol. The number of carbonyl (C=O) groups excluding carboxylic acids is 1. The van der Waals surface area contributed by atoms with E-state index in [1.165, 1.54) is 0 Å². The van der Waals surface area contributed by atoms with Crippen molar-refractivity contribution >= 4 is 17.2 Å². The van der Waals surface area contributed by atoms with Crippen molar-refractivity contribution in [3.8, 4) is 0 Å². The summed E-state index contributed by atoms with van der Waals surface area (Å²) in [7, 11) is 0. The highest BCUT2D eigenvalue weighted by molar-refractivity contribution is 7.09. The number of aryl methyl sites for hydroxylation is 1. The summed E-state index contributed by atoms with van der Waals surface area (Å²) in [5, 5.41) is 9.18. The molecule has 100 valence electrons. The van der Waals surface area contributed by atoms with Crippen molar-refractivity contribution in [3.63, 3.8) is 0 Å². The molecule has 2 heterocycles. The van der Waals surface area contributed by atoms with Crippen molar-refractivity contribution in [1.82, 2.24) is 15.6 Å². The topological polar surface area (TPSA) is 63.2 Å². The van der Waals surface area contributed by atoms with Crippen LogP contribution < -0.4 is 10.6 Å². The molecule has 0 aliphatic carbocycles. The molecule has 0 aromatic carbocycles. The fourth-order valence-electron chi connectivity index (χ4n) is 1.91. The first-order chi connectivity index (χ1) is 8.74. The third kappa shape index (κ3) is 4.36. The minimum absolute atomic E-state index is 0.0499. The molecule has 1 aliphatic rings. The second kappa shape index (κ2) is 6.82. The Kier molecular flexibility index (Phi) is 5.10. The Morgan fingerprint density at radius 1 is 1.56 bits per heavy atom. The molecule has 0 spiro atoms. The minimum atomic E-state index is 0.0499. The highest BCUT2D eigenvalue weighted by atomic mass is 32.1. The summed E-state index contributed by atoms with van der Waals surface area (Å²) in [4.78, 5) is 16.0. The molecule has 2 N–H and O–H groups in total. The molecular weight excluding hydrogens is 250 g/mol. The van der Waals surface area contributed by atoms with Gasteiger partial charge in [0.05, 0.1) is 17.2 Å². The monoisotopic (exact) mass is 269 g/mol. The molecule has 0 saturated carbocycles. The van der Waals surface area contributed by atoms with E-state index in [0.29, 0.717) is 13.1 Å². The molecule has 18 heavy (non-hydrogen) atoms. The van der Waals surface area contributed by atoms with Crippen molar-refractivity contribution in [2.45, 2.75) is 32.4 Å². The second-order valence-electron chi connectivity index (χ2n) is 4.42. The van der Waals surface area contributed by atoms with E-state index in [1.54, 1.807) is 11.3 Å². The van der Waals surface area contributed by atoms with Crippen LogP contribution in [0.15, 0.2) is 5.38 Å². The molecule has 5 nitrogen and oxygen atoms in total. The molecular formula is C12H19N3O2S. The third-order valence-corrected chi connectivity index (χ3v) is 3.67. The molecule has 1 amide bonds. The Labute approximate surface area is 111 Å². The minimum Gasteiger partial charge on any atom is -0.381 e. The summed E-state index contributed by atoms with van der Waals surface area (Å²) in [5.74, 6) is 0.0499. The van der Waals surface area contributed by atoms with E-state index in [-0.39, 0.29) is 11.9 Å². The molecule has 0 unspecified atom stereocenters. The maximum absolute atomic E-state index is 11.7. The molecule has 2 rings (SSSR count). The molecule has 1 fully saturated rings. The maximum atomic E-state index is 11.7. The zero-order valence-electron chi connectivity index (χ0n) is 10.6. The van der Waals surface area contributed by atoms with Crippen LogP contribution in [0.3, 0.4) is 0 Å². The van der Waals surface area contributed by atoms with Crippen LogP contribution in [0.25, 0.3) is 0 Å². The maximum Gasteiger partial charge on any atom is 0.234 e. The number of aromatic nitrogens is 1. The molecule has 0 radical (unpaired) electrons. The van der Waals surface area contributed by atoms with Gasteiger partial charge in [-0.05, 0) is 19.8 Å². The van der Waals surface area contributed by atoms with Gasteiger partial charge in [0.15, 0.2) is 0 Å². The molecule has 6 heteroatoms. The van der Waals surface area contributed by atoms with Crippen LogP contribution in [-0.4, -0.2) is 36.7 Å². The summed E-state index contributed by atoms with van der Waals surface area (Å²) >= 11 is 1.63. The second-order valence-corrected chi connectivity index (χ2v) is 5.48. The van der Waals surface area contributed by atoms with Gasteiger partial charge >= 0.3 is 0 Å². The number of amides is 1. The quantitative estimate of drug-likeness (QED) is 0.831. The summed E-state index contributed by atoms with van der Waals surface area (Å²) in [6.45, 7) is 4.46. The van der Waals surface area contributed by atoms with Crippen LogP contribution in [0, 0.1) is 6.92 Å². The van der Waals surface area contributed by atoms with Gasteiger partial charge in [0.2, 0.25) is 5.91 Å². The molecule has 0 bridgehead atoms. The fourth-order valence-corrected chi connectivity index (χ4v) is 2.53. The lowest BCUT2D eigenvalue weighted by Gasteiger charge is -2.23. The zero-order chi connectivity index (χ0) is 12.8. The van der Waals surface area contributed by atoms with E-state index in [9.17, 15) is 4.79 Å². The Bertz CT molecular complexity index is 388. The van der Waals surface area contributed by atoms with E-state index in [2.05, 4.69) is 15.6 Å². The van der Waals surface area contributed by atoms with Gasteiger partial charge in [0, 0.05) is 31.2 Å². The van der Waals surface area contributed by atoms with Gasteiger partial charge in [-0.15, -0.1) is 11.3 Å². The van der Waals surface area contributed by atoms with E-state index < -0.39 is 0 Å². The molecule has 1 aliphatic heterocycles. The highest BCUT2D eigenvalue weighted by Gasteiger charge is 2.15. The number of hydrogen-bond donors (Lipinski definition) is 2. The van der Waals surface area contributed by atoms with Gasteiger partial charge in [-0.3, -0.25) is 4.79 Å². The Morgan fingerprint density at radius 2 is 2.33 bits per heavy atom. The van der Waals surface area contributed by atoms with Gasteiger partial charge in [-0.1, -0.05) is 0 Å². The van der Waals surface area contributed by atoms with Gasteiger partial charge in [-0.25, -0.2) is 4.98 Å². The molecule has 1 aromatic heterocycles. The molecule has 1 aromatic rings. The van der Waals surface area contributed by atoms with Crippen LogP contribution in [0.4, 0.5) is 0 Å². The summed E-state index contributed by atoms with van der Waals surface area (Å²) < 4.78 is 5.25. The van der Waals surface area contributed by atoms with E-state index in [4.69, 9.17) is 4.74 Å². The van der Waals surface area contributed by atoms with Crippen molar-refractivity contribution in [2.24, 2.45) is 0 Å². The lowest BCUT2D eigenvalue weighted by atomic mass is 10.1. The van der Waals surface area contributed by atoms with E-state index >= 15 is 0 Å². The number of carbonyl (C=O) groups is 1. The Hall–Kier alpha value is -0.980. The number of nitrogens with zero attached hydrogens (tertiary/aromatic N) is 1. The van der Waals surface area contributed by atoms with Crippen LogP contribution in [-0.2, 0) is 16.1 Å². The number of hydrogen-bond acceptors (Lipinski definition) is 5. The van der Waals surface area contributed by atoms with E-state index in [0.717, 1.165) is 36.8 Å². The number of ether oxygens (including phenoxy) is 1. The van der Waals surface area contributed by atoms with Gasteiger partial charge < -0.3 is 15.4 Å². The lowest BCUT2D eigenvalue weighted by Crippen LogP contribution is -2.42. The number of thiazole rings is 1. The predicted molar refractivity (Wildman–Crippen MR) is 70.5 cm³/mol. The van der Waals surface area contributed by atoms with Crippen molar-refractivity contribution in [2.75, 3.05) is 19.8 Å². The standard InChI is InChI=1S/C12H19N3O2S/c1-9-14-11(8-18-9)6-13-7-12(16)15-10-2-4-17-5-3-10/h8,10,13H,2-7H2,1H3,(H,15,16). The van der Waals surface area contributed by atoms with Crippen LogP contribution in [0.1, 0.15) is 23.5 Å². The summed E-state index contributed by atoms with van der Waals surface area (Å²) in [5.41, 5.74) is 0.997. The van der Waals surface area contributed by atoms with Crippen LogP contribution in [0.5, 0.6) is 0 Å². The smallest absolute Gasteiger partial charge is 0.234 e. The Balaban J connectivity index is 1.62. The average Bonchev–Trinajstić information content (AvgIpc) is 2.76. The third-order valence-electron chi connectivity index (χ3n) is 2.84. The van der Waals surface area contributed by atoms with Gasteiger partial charge in [-0.2, -0.15) is 0 Å². The molecule has 1 saturated heterocycles. The predicted octanol–water partition coefficient (Wildman–Crippen LogP) is 0.836. The summed E-state index contributed by atoms with van der Waals surface area (Å²) in [6.07, 6.45) is 1.83. The SMILES string of the molecule is Cc1nc(CNCC(=O)NC2CCOCC2)cs1. The first kappa shape index (κ1) is 13.5. The van der Waals surface area contributed by atoms with E-state index in [1.807, 2.05) is 12.3 Å². The largest absolute Gasteiger partial charge is 0.381 e. The van der Waals surface area contributed by atoms with Crippen molar-refractivity contribution in [1.29, 1.82) is 0 Å². The van der Waals surface area contributed by atoms with Crippen LogP contribution in [0.2, 0.25) is 0 Å². The molecule has 0 atom stereocenters.